The topological polar surface area (TPSA) is 75.1 Å². The van der Waals surface area contributed by atoms with Crippen molar-refractivity contribution in [3.05, 3.63) is 65.3 Å². The lowest BCUT2D eigenvalue weighted by Gasteiger charge is -2.15. The number of hydrogen-bond donors (Lipinski definition) is 2. The average molecular weight is 450 g/mol. The summed E-state index contributed by atoms with van der Waals surface area (Å²) in [5.41, 5.74) is 5.38. The van der Waals surface area contributed by atoms with Crippen LogP contribution in [0.3, 0.4) is 0 Å². The third kappa shape index (κ3) is 4.57. The Labute approximate surface area is 189 Å². The third-order valence-corrected chi connectivity index (χ3v) is 7.46. The summed E-state index contributed by atoms with van der Waals surface area (Å²) in [5, 5.41) is 16.0. The van der Waals surface area contributed by atoms with E-state index in [1.165, 1.54) is 22.9 Å². The van der Waals surface area contributed by atoms with Crippen molar-refractivity contribution in [3.8, 4) is 16.9 Å². The van der Waals surface area contributed by atoms with Crippen molar-refractivity contribution in [2.45, 2.75) is 37.5 Å². The number of benzene rings is 2. The van der Waals surface area contributed by atoms with Gasteiger partial charge in [0.2, 0.25) is 5.91 Å². The van der Waals surface area contributed by atoms with Gasteiger partial charge in [-0.05, 0) is 61.2 Å². The maximum Gasteiger partial charge on any atom is 0.237 e. The third-order valence-electron chi connectivity index (χ3n) is 5.21. The van der Waals surface area contributed by atoms with Crippen LogP contribution in [0.2, 0.25) is 0 Å². The number of aryl methyl sites for hydroxylation is 2. The minimum Gasteiger partial charge on any atom is -0.508 e. The number of phenols is 1. The van der Waals surface area contributed by atoms with Gasteiger partial charge in [-0.25, -0.2) is 9.97 Å². The van der Waals surface area contributed by atoms with E-state index in [0.29, 0.717) is 12.1 Å². The van der Waals surface area contributed by atoms with Crippen molar-refractivity contribution >= 4 is 44.9 Å². The predicted molar refractivity (Wildman–Crippen MR) is 129 cm³/mol. The van der Waals surface area contributed by atoms with Gasteiger partial charge in [-0.3, -0.25) is 4.79 Å². The molecule has 7 heteroatoms. The quantitative estimate of drug-likeness (QED) is 0.209. The van der Waals surface area contributed by atoms with Crippen LogP contribution in [-0.2, 0) is 4.79 Å². The number of aromatic nitrogens is 2. The molecule has 31 heavy (non-hydrogen) atoms. The minimum atomic E-state index is -0.306. The fourth-order valence-corrected chi connectivity index (χ4v) is 5.30. The largest absolute Gasteiger partial charge is 0.508 e. The van der Waals surface area contributed by atoms with Gasteiger partial charge in [-0.2, -0.15) is 0 Å². The van der Waals surface area contributed by atoms with Gasteiger partial charge < -0.3 is 10.4 Å². The fraction of sp³-hybridized carbons (Fsp3) is 0.208. The lowest BCUT2D eigenvalue weighted by molar-refractivity contribution is -0.115. The summed E-state index contributed by atoms with van der Waals surface area (Å²) in [4.78, 5) is 22.8. The molecular weight excluding hydrogens is 426 g/mol. The second-order valence-corrected chi connectivity index (χ2v) is 9.41. The molecule has 0 radical (unpaired) electrons. The Morgan fingerprint density at radius 2 is 1.90 bits per heavy atom. The lowest BCUT2D eigenvalue weighted by Crippen LogP contribution is -2.24. The molecular formula is C24H23N3O2S2. The molecule has 0 spiro atoms. The first-order chi connectivity index (χ1) is 15.0. The van der Waals surface area contributed by atoms with Crippen molar-refractivity contribution in [1.29, 1.82) is 0 Å². The number of thioether (sulfide) groups is 1. The molecule has 1 unspecified atom stereocenters. The SMILES string of the molecule is CCC(Sc1ncnc2scc(-c3ccc(C)c(C)c3)c12)C(=O)Nc1ccc(O)cc1. The molecule has 2 aromatic carbocycles. The average Bonchev–Trinajstić information content (AvgIpc) is 3.20. The molecule has 0 bridgehead atoms. The summed E-state index contributed by atoms with van der Waals surface area (Å²) in [7, 11) is 0. The van der Waals surface area contributed by atoms with E-state index in [0.717, 1.165) is 26.4 Å². The number of anilines is 1. The van der Waals surface area contributed by atoms with Crippen LogP contribution in [-0.4, -0.2) is 26.2 Å². The normalized spacial score (nSPS) is 12.1. The Balaban J connectivity index is 1.65. The maximum absolute atomic E-state index is 12.9. The van der Waals surface area contributed by atoms with Crippen LogP contribution in [0.25, 0.3) is 21.3 Å². The first kappa shape index (κ1) is 21.3. The summed E-state index contributed by atoms with van der Waals surface area (Å²) < 4.78 is 0. The van der Waals surface area contributed by atoms with Gasteiger partial charge in [-0.15, -0.1) is 11.3 Å². The van der Waals surface area contributed by atoms with Gasteiger partial charge in [-0.1, -0.05) is 36.9 Å². The van der Waals surface area contributed by atoms with E-state index in [-0.39, 0.29) is 16.9 Å². The molecule has 158 valence electrons. The highest BCUT2D eigenvalue weighted by molar-refractivity contribution is 8.00. The smallest absolute Gasteiger partial charge is 0.237 e. The highest BCUT2D eigenvalue weighted by Gasteiger charge is 2.22. The van der Waals surface area contributed by atoms with E-state index in [4.69, 9.17) is 0 Å². The number of aromatic hydroxyl groups is 1. The van der Waals surface area contributed by atoms with Crippen LogP contribution in [0.15, 0.2) is 59.2 Å². The molecule has 2 N–H and O–H groups in total. The summed E-state index contributed by atoms with van der Waals surface area (Å²) in [5.74, 6) is 0.0760. The van der Waals surface area contributed by atoms with Gasteiger partial charge in [0.05, 0.1) is 10.6 Å². The lowest BCUT2D eigenvalue weighted by atomic mass is 10.0. The van der Waals surface area contributed by atoms with Gasteiger partial charge in [0.1, 0.15) is 21.9 Å². The van der Waals surface area contributed by atoms with E-state index in [2.05, 4.69) is 52.7 Å². The highest BCUT2D eigenvalue weighted by atomic mass is 32.2. The van der Waals surface area contributed by atoms with Crippen molar-refractivity contribution in [2.75, 3.05) is 5.32 Å². The standard InChI is InChI=1S/C24H23N3O2S2/c1-4-20(22(29)27-17-7-9-18(28)10-8-17)31-24-21-19(12-30-23(21)25-13-26-24)16-6-5-14(2)15(3)11-16/h5-13,20,28H,4H2,1-3H3,(H,27,29). The van der Waals surface area contributed by atoms with Gasteiger partial charge in [0, 0.05) is 16.6 Å². The number of nitrogens with zero attached hydrogens (tertiary/aromatic N) is 2. The monoisotopic (exact) mass is 449 g/mol. The molecule has 4 rings (SSSR count). The Morgan fingerprint density at radius 3 is 2.61 bits per heavy atom. The van der Waals surface area contributed by atoms with Gasteiger partial charge in [0.25, 0.3) is 0 Å². The number of phenolic OH excluding ortho intramolecular Hbond substituents is 1. The number of carbonyl (C=O) groups excluding carboxylic acids is 1. The van der Waals surface area contributed by atoms with E-state index < -0.39 is 0 Å². The highest BCUT2D eigenvalue weighted by Crippen LogP contribution is 2.40. The molecule has 1 amide bonds. The van der Waals surface area contributed by atoms with Crippen LogP contribution in [0.5, 0.6) is 5.75 Å². The van der Waals surface area contributed by atoms with Crippen molar-refractivity contribution in [3.63, 3.8) is 0 Å². The van der Waals surface area contributed by atoms with Crippen LogP contribution >= 0.6 is 23.1 Å². The fourth-order valence-electron chi connectivity index (χ4n) is 3.28. The van der Waals surface area contributed by atoms with Gasteiger partial charge in [0.15, 0.2) is 0 Å². The zero-order valence-corrected chi connectivity index (χ0v) is 19.2. The minimum absolute atomic E-state index is 0.0899. The number of hydrogen-bond acceptors (Lipinski definition) is 6. The number of nitrogens with one attached hydrogen (secondary N) is 1. The van der Waals surface area contributed by atoms with Crippen molar-refractivity contribution in [2.24, 2.45) is 0 Å². The molecule has 0 saturated heterocycles. The first-order valence-corrected chi connectivity index (χ1v) is 11.8. The number of thiophene rings is 1. The Morgan fingerprint density at radius 1 is 1.13 bits per heavy atom. The summed E-state index contributed by atoms with van der Waals surface area (Å²) in [6.45, 7) is 6.21. The van der Waals surface area contributed by atoms with Crippen molar-refractivity contribution < 1.29 is 9.90 Å². The van der Waals surface area contributed by atoms with E-state index >= 15 is 0 Å². The van der Waals surface area contributed by atoms with Crippen LogP contribution in [0.1, 0.15) is 24.5 Å². The molecule has 5 nitrogen and oxygen atoms in total. The van der Waals surface area contributed by atoms with Gasteiger partial charge >= 0.3 is 0 Å². The first-order valence-electron chi connectivity index (χ1n) is 10.0. The molecule has 0 aliphatic rings. The molecule has 2 heterocycles. The predicted octanol–water partition coefficient (Wildman–Crippen LogP) is 6.19. The van der Waals surface area contributed by atoms with E-state index in [1.54, 1.807) is 41.9 Å². The molecule has 0 fully saturated rings. The van der Waals surface area contributed by atoms with Crippen molar-refractivity contribution in [1.82, 2.24) is 9.97 Å². The second kappa shape index (κ2) is 9.08. The zero-order chi connectivity index (χ0) is 22.0. The summed E-state index contributed by atoms with van der Waals surface area (Å²) in [6.07, 6.45) is 2.22. The zero-order valence-electron chi connectivity index (χ0n) is 17.5. The number of carbonyl (C=O) groups is 1. The Hall–Kier alpha value is -2.90. The van der Waals surface area contributed by atoms with Crippen LogP contribution in [0.4, 0.5) is 5.69 Å². The van der Waals surface area contributed by atoms with E-state index in [9.17, 15) is 9.90 Å². The van der Waals surface area contributed by atoms with Crippen LogP contribution < -0.4 is 5.32 Å². The number of amides is 1. The molecule has 4 aromatic rings. The number of fused-ring (bicyclic) bond motifs is 1. The molecule has 0 aliphatic heterocycles. The maximum atomic E-state index is 12.9. The molecule has 1 atom stereocenters. The summed E-state index contributed by atoms with van der Waals surface area (Å²) >= 11 is 3.06. The second-order valence-electron chi connectivity index (χ2n) is 7.36. The number of rotatable bonds is 6. The Bertz CT molecular complexity index is 1240. The van der Waals surface area contributed by atoms with Crippen LogP contribution in [0, 0.1) is 13.8 Å². The van der Waals surface area contributed by atoms with E-state index in [1.807, 2.05) is 6.92 Å². The Kier molecular flexibility index (Phi) is 6.25. The molecule has 0 aliphatic carbocycles. The molecule has 0 saturated carbocycles. The summed E-state index contributed by atoms with van der Waals surface area (Å²) in [6, 6.07) is 12.9. The molecule has 2 aromatic heterocycles.